The summed E-state index contributed by atoms with van der Waals surface area (Å²) in [7, 11) is 5.07. The van der Waals surface area contributed by atoms with Crippen LogP contribution in [0.3, 0.4) is 0 Å². The summed E-state index contributed by atoms with van der Waals surface area (Å²) in [4.78, 5) is 14.7. The van der Waals surface area contributed by atoms with Gasteiger partial charge in [-0.1, -0.05) is 12.1 Å². The second-order valence-corrected chi connectivity index (χ2v) is 4.66. The molecule has 1 rings (SSSR count). The summed E-state index contributed by atoms with van der Waals surface area (Å²) in [5, 5.41) is 0. The van der Waals surface area contributed by atoms with Gasteiger partial charge in [0, 0.05) is 20.6 Å². The van der Waals surface area contributed by atoms with Crippen LogP contribution in [0.1, 0.15) is 11.1 Å². The summed E-state index contributed by atoms with van der Waals surface area (Å²) in [5.41, 5.74) is 0.0744. The normalized spacial score (nSPS) is 11.7. The highest BCUT2D eigenvalue weighted by molar-refractivity contribution is 5.77. The third-order valence-corrected chi connectivity index (χ3v) is 2.64. The molecule has 0 radical (unpaired) electrons. The fraction of sp³-hybridized carbons (Fsp3) is 0.462. The van der Waals surface area contributed by atoms with Crippen molar-refractivity contribution >= 4 is 5.91 Å². The van der Waals surface area contributed by atoms with Crippen molar-refractivity contribution in [2.75, 3.05) is 27.7 Å². The summed E-state index contributed by atoms with van der Waals surface area (Å²) >= 11 is 0. The van der Waals surface area contributed by atoms with Crippen molar-refractivity contribution in [1.29, 1.82) is 0 Å². The number of carbonyl (C=O) groups is 1. The van der Waals surface area contributed by atoms with Gasteiger partial charge in [-0.25, -0.2) is 0 Å². The number of hydrogen-bond acceptors (Lipinski definition) is 2. The Morgan fingerprint density at radius 2 is 1.63 bits per heavy atom. The number of halogens is 3. The SMILES string of the molecule is CN(CC(=O)N(C)C)Cc1ccc(C(F)(F)F)cc1. The summed E-state index contributed by atoms with van der Waals surface area (Å²) in [6, 6.07) is 4.97. The number of rotatable bonds is 4. The lowest BCUT2D eigenvalue weighted by molar-refractivity contribution is -0.137. The summed E-state index contributed by atoms with van der Waals surface area (Å²) in [6.45, 7) is 0.658. The van der Waals surface area contributed by atoms with Crippen LogP contribution in [-0.4, -0.2) is 43.4 Å². The summed E-state index contributed by atoms with van der Waals surface area (Å²) < 4.78 is 37.1. The van der Waals surface area contributed by atoms with Crippen molar-refractivity contribution in [2.45, 2.75) is 12.7 Å². The van der Waals surface area contributed by atoms with Crippen LogP contribution in [0.5, 0.6) is 0 Å². The quantitative estimate of drug-likeness (QED) is 0.840. The fourth-order valence-electron chi connectivity index (χ4n) is 1.54. The maximum atomic E-state index is 12.4. The molecule has 0 fully saturated rings. The molecule has 0 unspecified atom stereocenters. The molecule has 0 atom stereocenters. The Morgan fingerprint density at radius 3 is 2.05 bits per heavy atom. The van der Waals surface area contributed by atoms with Crippen molar-refractivity contribution in [3.05, 3.63) is 35.4 Å². The molecule has 0 N–H and O–H groups in total. The van der Waals surface area contributed by atoms with Crippen molar-refractivity contribution in [3.8, 4) is 0 Å². The maximum Gasteiger partial charge on any atom is 0.416 e. The Labute approximate surface area is 110 Å². The number of hydrogen-bond donors (Lipinski definition) is 0. The molecule has 0 bridgehead atoms. The first-order chi connectivity index (χ1) is 8.70. The third-order valence-electron chi connectivity index (χ3n) is 2.64. The minimum atomic E-state index is -4.31. The second-order valence-electron chi connectivity index (χ2n) is 4.66. The Kier molecular flexibility index (Phi) is 4.94. The minimum Gasteiger partial charge on any atom is -0.348 e. The highest BCUT2D eigenvalue weighted by Gasteiger charge is 2.29. The van der Waals surface area contributed by atoms with E-state index in [1.54, 1.807) is 26.0 Å². The summed E-state index contributed by atoms with van der Waals surface area (Å²) in [6.07, 6.45) is -4.31. The lowest BCUT2D eigenvalue weighted by Gasteiger charge is -2.19. The molecular weight excluding hydrogens is 257 g/mol. The Bertz CT molecular complexity index is 427. The van der Waals surface area contributed by atoms with Gasteiger partial charge in [0.15, 0.2) is 0 Å². The number of alkyl halides is 3. The molecule has 0 aromatic heterocycles. The zero-order chi connectivity index (χ0) is 14.6. The van der Waals surface area contributed by atoms with Gasteiger partial charge < -0.3 is 4.90 Å². The molecule has 0 heterocycles. The molecule has 0 saturated carbocycles. The van der Waals surface area contributed by atoms with Crippen LogP contribution in [0.2, 0.25) is 0 Å². The standard InChI is InChI=1S/C13H17F3N2O/c1-17(2)12(19)9-18(3)8-10-4-6-11(7-5-10)13(14,15)16/h4-7H,8-9H2,1-3H3. The highest BCUT2D eigenvalue weighted by Crippen LogP contribution is 2.29. The Morgan fingerprint density at radius 1 is 1.11 bits per heavy atom. The lowest BCUT2D eigenvalue weighted by atomic mass is 10.1. The number of likely N-dealkylation sites (N-methyl/N-ethyl adjacent to an activating group) is 2. The average molecular weight is 274 g/mol. The molecule has 106 valence electrons. The van der Waals surface area contributed by atoms with Crippen molar-refractivity contribution < 1.29 is 18.0 Å². The molecule has 1 amide bonds. The van der Waals surface area contributed by atoms with Crippen molar-refractivity contribution in [3.63, 3.8) is 0 Å². The van der Waals surface area contributed by atoms with Crippen LogP contribution >= 0.6 is 0 Å². The molecule has 1 aromatic carbocycles. The van der Waals surface area contributed by atoms with E-state index >= 15 is 0 Å². The molecule has 3 nitrogen and oxygen atoms in total. The first-order valence-corrected chi connectivity index (χ1v) is 5.75. The van der Waals surface area contributed by atoms with E-state index in [4.69, 9.17) is 0 Å². The highest BCUT2D eigenvalue weighted by atomic mass is 19.4. The van der Waals surface area contributed by atoms with Crippen LogP contribution in [0.15, 0.2) is 24.3 Å². The number of nitrogens with zero attached hydrogens (tertiary/aromatic N) is 2. The maximum absolute atomic E-state index is 12.4. The van der Waals surface area contributed by atoms with Crippen molar-refractivity contribution in [1.82, 2.24) is 9.80 Å². The lowest BCUT2D eigenvalue weighted by Crippen LogP contribution is -2.34. The molecule has 1 aromatic rings. The van der Waals surface area contributed by atoms with E-state index in [0.717, 1.165) is 17.7 Å². The van der Waals surface area contributed by atoms with Gasteiger partial charge in [0.1, 0.15) is 0 Å². The Hall–Kier alpha value is -1.56. The molecular formula is C13H17F3N2O. The van der Waals surface area contributed by atoms with Gasteiger partial charge in [-0.3, -0.25) is 9.69 Å². The average Bonchev–Trinajstić information content (AvgIpc) is 2.28. The molecule has 19 heavy (non-hydrogen) atoms. The van der Waals surface area contributed by atoms with Crippen LogP contribution in [-0.2, 0) is 17.5 Å². The van der Waals surface area contributed by atoms with Gasteiger partial charge >= 0.3 is 6.18 Å². The first kappa shape index (κ1) is 15.5. The van der Waals surface area contributed by atoms with Crippen LogP contribution in [0.25, 0.3) is 0 Å². The van der Waals surface area contributed by atoms with E-state index in [0.29, 0.717) is 6.54 Å². The number of benzene rings is 1. The topological polar surface area (TPSA) is 23.6 Å². The van der Waals surface area contributed by atoms with E-state index in [-0.39, 0.29) is 12.5 Å². The van der Waals surface area contributed by atoms with Gasteiger partial charge in [0.05, 0.1) is 12.1 Å². The monoisotopic (exact) mass is 274 g/mol. The minimum absolute atomic E-state index is 0.0468. The van der Waals surface area contributed by atoms with Gasteiger partial charge in [-0.05, 0) is 24.7 Å². The molecule has 0 spiro atoms. The predicted molar refractivity (Wildman–Crippen MR) is 66.5 cm³/mol. The smallest absolute Gasteiger partial charge is 0.348 e. The van der Waals surface area contributed by atoms with Crippen LogP contribution in [0.4, 0.5) is 13.2 Å². The Balaban J connectivity index is 2.61. The fourth-order valence-corrected chi connectivity index (χ4v) is 1.54. The van der Waals surface area contributed by atoms with Gasteiger partial charge in [-0.15, -0.1) is 0 Å². The molecule has 0 aliphatic carbocycles. The number of carbonyl (C=O) groups excluding carboxylic acids is 1. The zero-order valence-electron chi connectivity index (χ0n) is 11.2. The summed E-state index contributed by atoms with van der Waals surface area (Å²) in [5.74, 6) is -0.0468. The third kappa shape index (κ3) is 4.90. The molecule has 6 heteroatoms. The first-order valence-electron chi connectivity index (χ1n) is 5.75. The van der Waals surface area contributed by atoms with Crippen molar-refractivity contribution in [2.24, 2.45) is 0 Å². The van der Waals surface area contributed by atoms with Crippen LogP contribution < -0.4 is 0 Å². The van der Waals surface area contributed by atoms with E-state index in [9.17, 15) is 18.0 Å². The molecule has 0 saturated heterocycles. The predicted octanol–water partition coefficient (Wildman–Crippen LogP) is 2.23. The second kappa shape index (κ2) is 6.06. The van der Waals surface area contributed by atoms with Crippen LogP contribution in [0, 0.1) is 0 Å². The molecule has 0 aliphatic rings. The van der Waals surface area contributed by atoms with Gasteiger partial charge in [-0.2, -0.15) is 13.2 Å². The van der Waals surface area contributed by atoms with E-state index in [1.807, 2.05) is 0 Å². The van der Waals surface area contributed by atoms with Gasteiger partial charge in [0.2, 0.25) is 5.91 Å². The molecule has 0 aliphatic heterocycles. The largest absolute Gasteiger partial charge is 0.416 e. The van der Waals surface area contributed by atoms with Gasteiger partial charge in [0.25, 0.3) is 0 Å². The van der Waals surface area contributed by atoms with E-state index in [2.05, 4.69) is 0 Å². The zero-order valence-corrected chi connectivity index (χ0v) is 11.2. The van der Waals surface area contributed by atoms with E-state index in [1.165, 1.54) is 17.0 Å². The van der Waals surface area contributed by atoms with E-state index < -0.39 is 11.7 Å². The number of amides is 1.